The van der Waals surface area contributed by atoms with Gasteiger partial charge in [0, 0.05) is 19.2 Å². The van der Waals surface area contributed by atoms with Gasteiger partial charge in [-0.25, -0.2) is 0 Å². The lowest BCUT2D eigenvalue weighted by atomic mass is 10.2. The molecule has 3 amide bonds. The van der Waals surface area contributed by atoms with E-state index in [9.17, 15) is 14.4 Å². The smallest absolute Gasteiger partial charge is 0.291 e. The Morgan fingerprint density at radius 1 is 1.12 bits per heavy atom. The van der Waals surface area contributed by atoms with E-state index >= 15 is 0 Å². The highest BCUT2D eigenvalue weighted by atomic mass is 16.3. The Labute approximate surface area is 139 Å². The Balaban J connectivity index is 1.85. The van der Waals surface area contributed by atoms with E-state index in [4.69, 9.17) is 4.42 Å². The van der Waals surface area contributed by atoms with Gasteiger partial charge in [0.2, 0.25) is 11.8 Å². The van der Waals surface area contributed by atoms with Gasteiger partial charge >= 0.3 is 0 Å². The first-order chi connectivity index (χ1) is 11.5. The Morgan fingerprint density at radius 3 is 2.42 bits per heavy atom. The second-order valence-corrected chi connectivity index (χ2v) is 5.27. The average Bonchev–Trinajstić information content (AvgIpc) is 3.07. The number of carbonyl (C=O) groups excluding carboxylic acids is 3. The van der Waals surface area contributed by atoms with Crippen molar-refractivity contribution in [3.05, 3.63) is 54.0 Å². The summed E-state index contributed by atoms with van der Waals surface area (Å²) in [4.78, 5) is 34.6. The van der Waals surface area contributed by atoms with Crippen molar-refractivity contribution in [2.45, 2.75) is 26.4 Å². The molecule has 24 heavy (non-hydrogen) atoms. The van der Waals surface area contributed by atoms with Gasteiger partial charge in [0.15, 0.2) is 5.76 Å². The van der Waals surface area contributed by atoms with Crippen LogP contribution >= 0.6 is 0 Å². The lowest BCUT2D eigenvalue weighted by molar-refractivity contribution is -0.127. The van der Waals surface area contributed by atoms with Crippen LogP contribution in [0.4, 0.5) is 5.69 Å². The number of benzene rings is 1. The summed E-state index contributed by atoms with van der Waals surface area (Å²) < 4.78 is 5.02. The number of anilines is 1. The van der Waals surface area contributed by atoms with Crippen molar-refractivity contribution in [3.63, 3.8) is 0 Å². The van der Waals surface area contributed by atoms with Crippen LogP contribution in [0.15, 0.2) is 47.1 Å². The summed E-state index contributed by atoms with van der Waals surface area (Å²) >= 11 is 0. The van der Waals surface area contributed by atoms with Crippen LogP contribution < -0.4 is 16.0 Å². The van der Waals surface area contributed by atoms with Gasteiger partial charge in [0.05, 0.1) is 6.26 Å². The normalized spacial score (nSPS) is 11.4. The maximum absolute atomic E-state index is 11.8. The quantitative estimate of drug-likeness (QED) is 0.750. The third-order valence-electron chi connectivity index (χ3n) is 3.24. The molecule has 126 valence electrons. The Morgan fingerprint density at radius 2 is 1.83 bits per heavy atom. The third-order valence-corrected chi connectivity index (χ3v) is 3.24. The van der Waals surface area contributed by atoms with Gasteiger partial charge in [0.25, 0.3) is 5.91 Å². The van der Waals surface area contributed by atoms with Crippen LogP contribution in [0, 0.1) is 0 Å². The molecule has 1 heterocycles. The topological polar surface area (TPSA) is 100 Å². The van der Waals surface area contributed by atoms with Crippen LogP contribution in [-0.4, -0.2) is 23.8 Å². The minimum Gasteiger partial charge on any atom is -0.459 e. The molecule has 0 aliphatic rings. The third kappa shape index (κ3) is 4.98. The van der Waals surface area contributed by atoms with Gasteiger partial charge < -0.3 is 20.4 Å². The second kappa shape index (κ2) is 7.96. The fourth-order valence-electron chi connectivity index (χ4n) is 2.02. The summed E-state index contributed by atoms with van der Waals surface area (Å²) in [5.41, 5.74) is 1.49. The average molecular weight is 329 g/mol. The van der Waals surface area contributed by atoms with Crippen LogP contribution in [0.2, 0.25) is 0 Å². The molecular weight excluding hydrogens is 310 g/mol. The molecule has 0 bridgehead atoms. The van der Waals surface area contributed by atoms with Gasteiger partial charge in [-0.2, -0.15) is 0 Å². The van der Waals surface area contributed by atoms with Crippen molar-refractivity contribution in [2.24, 2.45) is 0 Å². The van der Waals surface area contributed by atoms with E-state index in [2.05, 4.69) is 16.0 Å². The van der Waals surface area contributed by atoms with Crippen LogP contribution in [0.25, 0.3) is 0 Å². The fraction of sp³-hybridized carbons (Fsp3) is 0.235. The van der Waals surface area contributed by atoms with E-state index in [1.807, 2.05) is 0 Å². The number of amides is 3. The highest BCUT2D eigenvalue weighted by Crippen LogP contribution is 2.11. The van der Waals surface area contributed by atoms with Crippen molar-refractivity contribution in [3.8, 4) is 0 Å². The molecule has 1 atom stereocenters. The monoisotopic (exact) mass is 329 g/mol. The molecule has 7 heteroatoms. The number of hydrogen-bond acceptors (Lipinski definition) is 4. The molecule has 0 spiro atoms. The molecule has 2 rings (SSSR count). The van der Waals surface area contributed by atoms with Crippen LogP contribution in [-0.2, 0) is 16.1 Å². The van der Waals surface area contributed by atoms with Crippen molar-refractivity contribution < 1.29 is 18.8 Å². The molecule has 1 aromatic heterocycles. The zero-order valence-corrected chi connectivity index (χ0v) is 13.5. The van der Waals surface area contributed by atoms with Gasteiger partial charge in [-0.3, -0.25) is 14.4 Å². The van der Waals surface area contributed by atoms with E-state index in [-0.39, 0.29) is 23.5 Å². The molecule has 0 unspecified atom stereocenters. The Kier molecular flexibility index (Phi) is 5.73. The molecule has 3 N–H and O–H groups in total. The van der Waals surface area contributed by atoms with Crippen molar-refractivity contribution in [1.82, 2.24) is 10.6 Å². The fourth-order valence-corrected chi connectivity index (χ4v) is 2.02. The van der Waals surface area contributed by atoms with E-state index in [0.717, 1.165) is 5.56 Å². The molecule has 2 aromatic rings. The highest BCUT2D eigenvalue weighted by Gasteiger charge is 2.13. The molecule has 0 saturated heterocycles. The Bertz CT molecular complexity index is 708. The van der Waals surface area contributed by atoms with Gasteiger partial charge in [-0.1, -0.05) is 12.1 Å². The molecule has 0 aliphatic heterocycles. The number of carbonyl (C=O) groups is 3. The molecule has 7 nitrogen and oxygen atoms in total. The van der Waals surface area contributed by atoms with Crippen LogP contribution in [0.5, 0.6) is 0 Å². The largest absolute Gasteiger partial charge is 0.459 e. The van der Waals surface area contributed by atoms with E-state index < -0.39 is 6.04 Å². The number of furan rings is 1. The van der Waals surface area contributed by atoms with Gasteiger partial charge in [-0.05, 0) is 36.8 Å². The second-order valence-electron chi connectivity index (χ2n) is 5.27. The summed E-state index contributed by atoms with van der Waals surface area (Å²) in [6.07, 6.45) is 1.43. The van der Waals surface area contributed by atoms with Gasteiger partial charge in [0.1, 0.15) is 6.04 Å². The lowest BCUT2D eigenvalue weighted by Crippen LogP contribution is -2.43. The number of rotatable bonds is 6. The van der Waals surface area contributed by atoms with Crippen molar-refractivity contribution in [2.75, 3.05) is 5.32 Å². The summed E-state index contributed by atoms with van der Waals surface area (Å²) in [7, 11) is 0. The Hall–Kier alpha value is -3.09. The summed E-state index contributed by atoms with van der Waals surface area (Å²) in [6.45, 7) is 3.30. The van der Waals surface area contributed by atoms with Gasteiger partial charge in [-0.15, -0.1) is 0 Å². The molecular formula is C17H19N3O4. The minimum absolute atomic E-state index is 0.235. The predicted molar refractivity (Wildman–Crippen MR) is 88.2 cm³/mol. The van der Waals surface area contributed by atoms with Crippen molar-refractivity contribution in [1.29, 1.82) is 0 Å². The molecule has 0 saturated carbocycles. The summed E-state index contributed by atoms with van der Waals surface area (Å²) in [5, 5.41) is 7.95. The maximum Gasteiger partial charge on any atom is 0.291 e. The molecule has 0 aliphatic carbocycles. The lowest BCUT2D eigenvalue weighted by Gasteiger charge is -2.13. The van der Waals surface area contributed by atoms with Crippen molar-refractivity contribution >= 4 is 23.4 Å². The highest BCUT2D eigenvalue weighted by molar-refractivity contribution is 6.02. The predicted octanol–water partition coefficient (Wildman–Crippen LogP) is 1.67. The standard InChI is InChI=1S/C17H19N3O4/c1-11(19-12(2)21)16(22)18-10-13-5-7-14(8-6-13)20-17(23)15-4-3-9-24-15/h3-9,11H,10H2,1-2H3,(H,18,22)(H,19,21)(H,20,23)/t11-/m0/s1. The number of hydrogen-bond donors (Lipinski definition) is 3. The maximum atomic E-state index is 11.8. The van der Waals surface area contributed by atoms with Crippen LogP contribution in [0.1, 0.15) is 30.0 Å². The summed E-state index contributed by atoms with van der Waals surface area (Å²) in [5.74, 6) is -0.613. The van der Waals surface area contributed by atoms with E-state index in [1.54, 1.807) is 43.3 Å². The molecule has 0 fully saturated rings. The SMILES string of the molecule is CC(=O)N[C@@H](C)C(=O)NCc1ccc(NC(=O)c2ccco2)cc1. The zero-order valence-electron chi connectivity index (χ0n) is 13.5. The van der Waals surface area contributed by atoms with Crippen LogP contribution in [0.3, 0.4) is 0 Å². The zero-order chi connectivity index (χ0) is 17.5. The number of nitrogens with one attached hydrogen (secondary N) is 3. The minimum atomic E-state index is -0.589. The van der Waals surface area contributed by atoms with E-state index in [1.165, 1.54) is 13.2 Å². The van der Waals surface area contributed by atoms with E-state index in [0.29, 0.717) is 12.2 Å². The summed E-state index contributed by atoms with van der Waals surface area (Å²) in [6, 6.07) is 9.69. The first kappa shape index (κ1) is 17.3. The molecule has 1 aromatic carbocycles. The first-order valence-electron chi connectivity index (χ1n) is 7.44. The molecule has 0 radical (unpaired) electrons. The first-order valence-corrected chi connectivity index (χ1v) is 7.44.